The van der Waals surface area contributed by atoms with Crippen LogP contribution in [0.4, 0.5) is 0 Å². The summed E-state index contributed by atoms with van der Waals surface area (Å²) in [6.45, 7) is 1.59. The van der Waals surface area contributed by atoms with Crippen LogP contribution >= 0.6 is 0 Å². The van der Waals surface area contributed by atoms with E-state index in [9.17, 15) is 4.79 Å². The van der Waals surface area contributed by atoms with Crippen molar-refractivity contribution >= 4 is 5.71 Å². The number of oxime groups is 1. The third-order valence-electron chi connectivity index (χ3n) is 2.29. The van der Waals surface area contributed by atoms with Gasteiger partial charge in [0.25, 0.3) is 5.56 Å². The van der Waals surface area contributed by atoms with Crippen LogP contribution in [0.2, 0.25) is 0 Å². The van der Waals surface area contributed by atoms with Crippen LogP contribution in [0.5, 0.6) is 0 Å². The summed E-state index contributed by atoms with van der Waals surface area (Å²) < 4.78 is 0. The predicted molar refractivity (Wildman–Crippen MR) is 57.7 cm³/mol. The number of fused-ring (bicyclic) bond motifs is 1. The average molecular weight is 202 g/mol. The maximum atomic E-state index is 11.6. The summed E-state index contributed by atoms with van der Waals surface area (Å²) in [6.07, 6.45) is 0. The van der Waals surface area contributed by atoms with Gasteiger partial charge in [-0.05, 0) is 13.0 Å². The second-order valence-electron chi connectivity index (χ2n) is 3.25. The topological polar surface area (TPSA) is 65.5 Å². The first-order valence-corrected chi connectivity index (χ1v) is 4.54. The summed E-state index contributed by atoms with van der Waals surface area (Å²) in [5, 5.41) is 11.7. The standard InChI is InChI=1S/C11H10N2O2/c1-7(13-15)10-8-5-3-2-4-6-9(8)12-11(10)14/h2-6,15H,1H3,(H,12,14)/b13-7+. The lowest BCUT2D eigenvalue weighted by Gasteiger charge is -1.95. The van der Waals surface area contributed by atoms with Crippen molar-refractivity contribution in [3.8, 4) is 11.3 Å². The molecule has 0 aromatic heterocycles. The fourth-order valence-electron chi connectivity index (χ4n) is 1.59. The van der Waals surface area contributed by atoms with Crippen molar-refractivity contribution in [2.45, 2.75) is 6.92 Å². The Hall–Kier alpha value is -2.10. The molecule has 0 spiro atoms. The fourth-order valence-corrected chi connectivity index (χ4v) is 1.59. The SMILES string of the molecule is C/C(=N\O)c1c2cccccc-2[nH]c1=O. The molecule has 1 aliphatic heterocycles. The van der Waals surface area contributed by atoms with E-state index in [4.69, 9.17) is 5.21 Å². The van der Waals surface area contributed by atoms with Crippen molar-refractivity contribution in [2.75, 3.05) is 0 Å². The molecule has 1 heterocycles. The molecule has 76 valence electrons. The van der Waals surface area contributed by atoms with Gasteiger partial charge in [0.1, 0.15) is 0 Å². The largest absolute Gasteiger partial charge is 0.411 e. The molecule has 2 aliphatic rings. The van der Waals surface area contributed by atoms with Gasteiger partial charge in [-0.25, -0.2) is 0 Å². The lowest BCUT2D eigenvalue weighted by Crippen LogP contribution is -2.10. The minimum Gasteiger partial charge on any atom is -0.411 e. The van der Waals surface area contributed by atoms with Gasteiger partial charge < -0.3 is 10.2 Å². The molecule has 0 saturated carbocycles. The fraction of sp³-hybridized carbons (Fsp3) is 0.0909. The van der Waals surface area contributed by atoms with E-state index in [2.05, 4.69) is 10.1 Å². The van der Waals surface area contributed by atoms with Gasteiger partial charge in [-0.3, -0.25) is 4.79 Å². The normalized spacial score (nSPS) is 11.9. The number of H-pyrrole nitrogens is 1. The Morgan fingerprint density at radius 1 is 1.33 bits per heavy atom. The van der Waals surface area contributed by atoms with Gasteiger partial charge in [0.15, 0.2) is 0 Å². The van der Waals surface area contributed by atoms with Crippen LogP contribution in [0, 0.1) is 0 Å². The van der Waals surface area contributed by atoms with Crippen molar-refractivity contribution in [1.82, 2.24) is 4.98 Å². The van der Waals surface area contributed by atoms with Crippen LogP contribution in [-0.4, -0.2) is 15.9 Å². The van der Waals surface area contributed by atoms with E-state index in [1.807, 2.05) is 30.3 Å². The van der Waals surface area contributed by atoms with Crippen LogP contribution in [-0.2, 0) is 0 Å². The van der Waals surface area contributed by atoms with E-state index in [-0.39, 0.29) is 5.56 Å². The van der Waals surface area contributed by atoms with Crippen molar-refractivity contribution in [3.05, 3.63) is 46.2 Å². The van der Waals surface area contributed by atoms with E-state index in [1.54, 1.807) is 6.92 Å². The summed E-state index contributed by atoms with van der Waals surface area (Å²) in [6, 6.07) is 9.17. The second kappa shape index (κ2) is 3.57. The van der Waals surface area contributed by atoms with E-state index >= 15 is 0 Å². The molecule has 0 aromatic carbocycles. The van der Waals surface area contributed by atoms with Gasteiger partial charge in [-0.2, -0.15) is 0 Å². The van der Waals surface area contributed by atoms with Crippen molar-refractivity contribution in [2.24, 2.45) is 5.16 Å². The van der Waals surface area contributed by atoms with Crippen LogP contribution in [0.15, 0.2) is 40.3 Å². The van der Waals surface area contributed by atoms with Crippen LogP contribution < -0.4 is 5.56 Å². The average Bonchev–Trinajstić information content (AvgIpc) is 2.40. The molecule has 15 heavy (non-hydrogen) atoms. The molecule has 2 rings (SSSR count). The van der Waals surface area contributed by atoms with Gasteiger partial charge in [0.05, 0.1) is 11.3 Å². The number of rotatable bonds is 1. The van der Waals surface area contributed by atoms with Crippen molar-refractivity contribution in [3.63, 3.8) is 0 Å². The zero-order valence-electron chi connectivity index (χ0n) is 8.19. The van der Waals surface area contributed by atoms with Gasteiger partial charge in [0.2, 0.25) is 0 Å². The Morgan fingerprint density at radius 2 is 2.07 bits per heavy atom. The molecular formula is C11H10N2O2. The number of aromatic nitrogens is 1. The Kier molecular flexibility index (Phi) is 2.25. The molecule has 0 aromatic rings. The summed E-state index contributed by atoms with van der Waals surface area (Å²) in [5.41, 5.74) is 2.01. The minimum atomic E-state index is -0.230. The van der Waals surface area contributed by atoms with Crippen molar-refractivity contribution in [1.29, 1.82) is 0 Å². The zero-order valence-corrected chi connectivity index (χ0v) is 8.19. The molecular weight excluding hydrogens is 192 g/mol. The maximum Gasteiger partial charge on any atom is 0.258 e. The molecule has 4 heteroatoms. The van der Waals surface area contributed by atoms with Gasteiger partial charge in [0, 0.05) is 11.3 Å². The third kappa shape index (κ3) is 1.50. The van der Waals surface area contributed by atoms with Crippen LogP contribution in [0.3, 0.4) is 0 Å². The van der Waals surface area contributed by atoms with E-state index in [1.165, 1.54) is 0 Å². The first-order chi connectivity index (χ1) is 7.24. The summed E-state index contributed by atoms with van der Waals surface area (Å²) in [5.74, 6) is 0. The first kappa shape index (κ1) is 9.45. The summed E-state index contributed by atoms with van der Waals surface area (Å²) >= 11 is 0. The zero-order chi connectivity index (χ0) is 10.8. The van der Waals surface area contributed by atoms with E-state index < -0.39 is 0 Å². The highest BCUT2D eigenvalue weighted by Crippen LogP contribution is 2.20. The predicted octanol–water partition coefficient (Wildman–Crippen LogP) is 1.68. The van der Waals surface area contributed by atoms with Crippen LogP contribution in [0.25, 0.3) is 11.3 Å². The lowest BCUT2D eigenvalue weighted by molar-refractivity contribution is 0.319. The molecule has 0 fully saturated rings. The van der Waals surface area contributed by atoms with E-state index in [0.29, 0.717) is 11.3 Å². The highest BCUT2D eigenvalue weighted by molar-refractivity contribution is 6.04. The van der Waals surface area contributed by atoms with Gasteiger partial charge >= 0.3 is 0 Å². The maximum absolute atomic E-state index is 11.6. The number of aromatic amines is 1. The Balaban J connectivity index is 2.80. The highest BCUT2D eigenvalue weighted by atomic mass is 16.4. The smallest absolute Gasteiger partial charge is 0.258 e. The molecule has 0 unspecified atom stereocenters. The first-order valence-electron chi connectivity index (χ1n) is 4.54. The third-order valence-corrected chi connectivity index (χ3v) is 2.29. The molecule has 0 atom stereocenters. The molecule has 0 amide bonds. The molecule has 4 nitrogen and oxygen atoms in total. The van der Waals surface area contributed by atoms with Gasteiger partial charge in [-0.1, -0.05) is 29.4 Å². The lowest BCUT2D eigenvalue weighted by atomic mass is 10.1. The Morgan fingerprint density at radius 3 is 2.80 bits per heavy atom. The Labute approximate surface area is 86.2 Å². The second-order valence-corrected chi connectivity index (χ2v) is 3.25. The Bertz CT molecular complexity index is 543. The molecule has 1 aliphatic carbocycles. The molecule has 0 bridgehead atoms. The minimum absolute atomic E-state index is 0.230. The van der Waals surface area contributed by atoms with E-state index in [0.717, 1.165) is 11.3 Å². The summed E-state index contributed by atoms with van der Waals surface area (Å²) in [4.78, 5) is 14.3. The van der Waals surface area contributed by atoms with Crippen molar-refractivity contribution < 1.29 is 5.21 Å². The van der Waals surface area contributed by atoms with Crippen LogP contribution in [0.1, 0.15) is 12.5 Å². The molecule has 2 N–H and O–H groups in total. The number of nitrogens with zero attached hydrogens (tertiary/aromatic N) is 1. The quantitative estimate of drug-likeness (QED) is 0.419. The summed E-state index contributed by atoms with van der Waals surface area (Å²) in [7, 11) is 0. The number of nitrogens with one attached hydrogen (secondary N) is 1. The monoisotopic (exact) mass is 202 g/mol. The van der Waals surface area contributed by atoms with Gasteiger partial charge in [-0.15, -0.1) is 0 Å². The molecule has 0 radical (unpaired) electrons. The number of hydrogen-bond donors (Lipinski definition) is 2. The molecule has 0 saturated heterocycles. The highest BCUT2D eigenvalue weighted by Gasteiger charge is 2.15. The number of hydrogen-bond acceptors (Lipinski definition) is 3.